The number of carbonyl (C=O) groups excluding carboxylic acids is 1. The summed E-state index contributed by atoms with van der Waals surface area (Å²) in [5, 5.41) is 21.9. The minimum absolute atomic E-state index is 0.0571. The zero-order valence-electron chi connectivity index (χ0n) is 12.0. The van der Waals surface area contributed by atoms with Crippen LogP contribution in [0.3, 0.4) is 0 Å². The molecule has 0 unspecified atom stereocenters. The van der Waals surface area contributed by atoms with Gasteiger partial charge in [-0.2, -0.15) is 0 Å². The van der Waals surface area contributed by atoms with E-state index in [1.54, 1.807) is 24.3 Å². The number of amides is 1. The average Bonchev–Trinajstić information content (AvgIpc) is 2.96. The molecule has 0 saturated heterocycles. The van der Waals surface area contributed by atoms with Crippen LogP contribution >= 0.6 is 0 Å². The highest BCUT2D eigenvalue weighted by atomic mass is 16.6. The number of nitrogens with zero attached hydrogens (tertiary/aromatic N) is 1. The van der Waals surface area contributed by atoms with Gasteiger partial charge in [0.2, 0.25) is 0 Å². The van der Waals surface area contributed by atoms with Gasteiger partial charge in [0.1, 0.15) is 16.4 Å². The van der Waals surface area contributed by atoms with Crippen LogP contribution in [0.25, 0.3) is 6.08 Å². The second kappa shape index (κ2) is 6.56. The highest BCUT2D eigenvalue weighted by Gasteiger charge is 2.16. The molecule has 0 atom stereocenters. The van der Waals surface area contributed by atoms with Crippen molar-refractivity contribution < 1.29 is 24.0 Å². The zero-order valence-corrected chi connectivity index (χ0v) is 12.0. The number of carboxylic acid groups (broad SMARTS) is 1. The van der Waals surface area contributed by atoms with E-state index < -0.39 is 28.4 Å². The highest BCUT2D eigenvalue weighted by Crippen LogP contribution is 2.18. The lowest BCUT2D eigenvalue weighted by Gasteiger charge is -2.05. The number of hydrogen-bond donors (Lipinski definition) is 2. The maximum atomic E-state index is 12.0. The largest absolute Gasteiger partial charge is 0.477 e. The van der Waals surface area contributed by atoms with Crippen molar-refractivity contribution >= 4 is 23.8 Å². The Morgan fingerprint density at radius 3 is 2.39 bits per heavy atom. The number of carbonyl (C=O) groups is 2. The smallest absolute Gasteiger partial charge is 0.433 e. The minimum atomic E-state index is -1.40. The van der Waals surface area contributed by atoms with Crippen LogP contribution in [0.5, 0.6) is 0 Å². The van der Waals surface area contributed by atoms with Crippen LogP contribution in [0.4, 0.5) is 5.88 Å². The number of hydrogen-bond acceptors (Lipinski definition) is 5. The predicted molar refractivity (Wildman–Crippen MR) is 79.6 cm³/mol. The van der Waals surface area contributed by atoms with Crippen molar-refractivity contribution in [3.63, 3.8) is 0 Å². The van der Waals surface area contributed by atoms with Crippen molar-refractivity contribution in [2.75, 3.05) is 0 Å². The number of aryl methyl sites for hydroxylation is 1. The number of nitro groups is 1. The van der Waals surface area contributed by atoms with Crippen LogP contribution in [0.15, 0.2) is 46.5 Å². The molecule has 118 valence electrons. The molecular weight excluding hydrogens is 304 g/mol. The van der Waals surface area contributed by atoms with Crippen LogP contribution in [0.1, 0.15) is 21.7 Å². The third-order valence-electron chi connectivity index (χ3n) is 2.87. The van der Waals surface area contributed by atoms with Gasteiger partial charge in [0.25, 0.3) is 5.91 Å². The lowest BCUT2D eigenvalue weighted by molar-refractivity contribution is -0.402. The van der Waals surface area contributed by atoms with Crippen molar-refractivity contribution in [1.29, 1.82) is 0 Å². The van der Waals surface area contributed by atoms with Crippen molar-refractivity contribution in [1.82, 2.24) is 5.32 Å². The maximum Gasteiger partial charge on any atom is 0.433 e. The van der Waals surface area contributed by atoms with E-state index in [1.807, 2.05) is 6.92 Å². The SMILES string of the molecule is Cc1ccc(C(=O)NC(=Cc2ccc([N+](=O)[O-])o2)C(=O)O)cc1. The average molecular weight is 316 g/mol. The second-order valence-electron chi connectivity index (χ2n) is 4.62. The normalized spacial score (nSPS) is 11.1. The quantitative estimate of drug-likeness (QED) is 0.496. The number of rotatable bonds is 5. The monoisotopic (exact) mass is 316 g/mol. The molecule has 2 aromatic rings. The molecule has 1 amide bonds. The Kier molecular flexibility index (Phi) is 4.55. The molecule has 1 aromatic heterocycles. The van der Waals surface area contributed by atoms with E-state index >= 15 is 0 Å². The van der Waals surface area contributed by atoms with E-state index in [-0.39, 0.29) is 11.3 Å². The van der Waals surface area contributed by atoms with Crippen molar-refractivity contribution in [3.8, 4) is 0 Å². The summed E-state index contributed by atoms with van der Waals surface area (Å²) in [7, 11) is 0. The van der Waals surface area contributed by atoms with E-state index in [1.165, 1.54) is 6.07 Å². The molecule has 0 aliphatic heterocycles. The third-order valence-corrected chi connectivity index (χ3v) is 2.87. The van der Waals surface area contributed by atoms with Gasteiger partial charge < -0.3 is 14.8 Å². The molecule has 8 heteroatoms. The Balaban J connectivity index is 2.22. The molecule has 0 fully saturated rings. The first-order valence-electron chi connectivity index (χ1n) is 6.44. The van der Waals surface area contributed by atoms with Crippen LogP contribution in [-0.4, -0.2) is 21.9 Å². The highest BCUT2D eigenvalue weighted by molar-refractivity contribution is 6.02. The van der Waals surface area contributed by atoms with E-state index in [2.05, 4.69) is 5.32 Å². The first-order valence-corrected chi connectivity index (χ1v) is 6.44. The molecule has 0 bridgehead atoms. The summed E-state index contributed by atoms with van der Waals surface area (Å²) in [6.45, 7) is 1.86. The summed E-state index contributed by atoms with van der Waals surface area (Å²) in [6, 6.07) is 8.87. The standard InChI is InChI=1S/C15H12N2O6/c1-9-2-4-10(5-3-9)14(18)16-12(15(19)20)8-11-6-7-13(23-11)17(21)22/h2-8H,1H3,(H,16,18)(H,19,20). The molecule has 23 heavy (non-hydrogen) atoms. The van der Waals surface area contributed by atoms with Crippen LogP contribution in [0, 0.1) is 17.0 Å². The number of nitrogens with one attached hydrogen (secondary N) is 1. The van der Waals surface area contributed by atoms with Gasteiger partial charge in [0.05, 0.1) is 6.07 Å². The van der Waals surface area contributed by atoms with Crippen LogP contribution in [0.2, 0.25) is 0 Å². The van der Waals surface area contributed by atoms with Gasteiger partial charge in [0.15, 0.2) is 0 Å². The zero-order chi connectivity index (χ0) is 17.0. The van der Waals surface area contributed by atoms with Crippen LogP contribution < -0.4 is 5.32 Å². The number of carboxylic acids is 1. The van der Waals surface area contributed by atoms with Crippen molar-refractivity contribution in [2.45, 2.75) is 6.92 Å². The van der Waals surface area contributed by atoms with E-state index in [0.717, 1.165) is 17.7 Å². The summed E-state index contributed by atoms with van der Waals surface area (Å²) in [4.78, 5) is 33.0. The van der Waals surface area contributed by atoms with Crippen molar-refractivity contribution in [2.24, 2.45) is 0 Å². The molecule has 0 aliphatic carbocycles. The van der Waals surface area contributed by atoms with Gasteiger partial charge in [-0.15, -0.1) is 0 Å². The fraction of sp³-hybridized carbons (Fsp3) is 0.0667. The molecule has 2 N–H and O–H groups in total. The first-order chi connectivity index (χ1) is 10.9. The maximum absolute atomic E-state index is 12.0. The summed E-state index contributed by atoms with van der Waals surface area (Å²) >= 11 is 0. The topological polar surface area (TPSA) is 123 Å². The Morgan fingerprint density at radius 1 is 1.22 bits per heavy atom. The molecule has 1 aromatic carbocycles. The van der Waals surface area contributed by atoms with Gasteiger partial charge >= 0.3 is 11.9 Å². The van der Waals surface area contributed by atoms with Gasteiger partial charge in [-0.3, -0.25) is 14.9 Å². The fourth-order valence-electron chi connectivity index (χ4n) is 1.71. The molecule has 8 nitrogen and oxygen atoms in total. The van der Waals surface area contributed by atoms with Crippen LogP contribution in [-0.2, 0) is 4.79 Å². The summed E-state index contributed by atoms with van der Waals surface area (Å²) in [5.74, 6) is -2.59. The Hall–Kier alpha value is -3.42. The molecule has 0 aliphatic rings. The third kappa shape index (κ3) is 4.03. The molecule has 1 heterocycles. The van der Waals surface area contributed by atoms with Gasteiger partial charge in [-0.25, -0.2) is 4.79 Å². The number of furan rings is 1. The van der Waals surface area contributed by atoms with E-state index in [0.29, 0.717) is 0 Å². The summed E-state index contributed by atoms with van der Waals surface area (Å²) in [5.41, 5.74) is 0.784. The minimum Gasteiger partial charge on any atom is -0.477 e. The molecule has 2 rings (SSSR count). The number of benzene rings is 1. The molecule has 0 radical (unpaired) electrons. The van der Waals surface area contributed by atoms with Gasteiger partial charge in [-0.05, 0) is 25.1 Å². The van der Waals surface area contributed by atoms with Gasteiger partial charge in [-0.1, -0.05) is 17.7 Å². The van der Waals surface area contributed by atoms with Gasteiger partial charge in [0, 0.05) is 11.6 Å². The Morgan fingerprint density at radius 2 is 1.87 bits per heavy atom. The molecule has 0 spiro atoms. The lowest BCUT2D eigenvalue weighted by Crippen LogP contribution is -2.27. The summed E-state index contributed by atoms with van der Waals surface area (Å²) in [6.07, 6.45) is 1.00. The second-order valence-corrected chi connectivity index (χ2v) is 4.62. The molecular formula is C15H12N2O6. The first kappa shape index (κ1) is 16.0. The predicted octanol–water partition coefficient (Wildman–Crippen LogP) is 2.35. The Bertz CT molecular complexity index is 789. The fourth-order valence-corrected chi connectivity index (χ4v) is 1.71. The lowest BCUT2D eigenvalue weighted by atomic mass is 10.1. The number of aliphatic carboxylic acids is 1. The van der Waals surface area contributed by atoms with E-state index in [9.17, 15) is 19.7 Å². The van der Waals surface area contributed by atoms with Crippen molar-refractivity contribution in [3.05, 3.63) is 69.1 Å². The van der Waals surface area contributed by atoms with E-state index in [4.69, 9.17) is 9.52 Å². The summed E-state index contributed by atoms with van der Waals surface area (Å²) < 4.78 is 4.84. The molecule has 0 saturated carbocycles. The Labute approximate surface area is 130 Å².